The number of pyridine rings is 1. The number of amides is 1. The maximum Gasteiger partial charge on any atom is 0.357 e. The molecule has 5 nitrogen and oxygen atoms in total. The van der Waals surface area contributed by atoms with Gasteiger partial charge in [0.05, 0.1) is 16.1 Å². The fourth-order valence-corrected chi connectivity index (χ4v) is 2.14. The molecule has 1 amide bonds. The number of rotatable bonds is 5. The highest BCUT2D eigenvalue weighted by atomic mass is 35.5. The molecule has 2 rings (SSSR count). The Kier molecular flexibility index (Phi) is 5.96. The molecule has 1 N–H and O–H groups in total. The van der Waals surface area contributed by atoms with E-state index < -0.39 is 11.9 Å². The maximum absolute atomic E-state index is 11.8. The lowest BCUT2D eigenvalue weighted by molar-refractivity contribution is -0.124. The third-order valence-electron chi connectivity index (χ3n) is 3.03. The minimum absolute atomic E-state index is 0.151. The zero-order valence-corrected chi connectivity index (χ0v) is 13.8. The van der Waals surface area contributed by atoms with Gasteiger partial charge in [-0.15, -0.1) is 0 Å². The lowest BCUT2D eigenvalue weighted by atomic mass is 10.1. The van der Waals surface area contributed by atoms with Crippen molar-refractivity contribution in [3.05, 3.63) is 63.9 Å². The number of halogens is 2. The summed E-state index contributed by atoms with van der Waals surface area (Å²) in [6.45, 7) is 1.40. The van der Waals surface area contributed by atoms with Crippen molar-refractivity contribution < 1.29 is 14.3 Å². The zero-order valence-electron chi connectivity index (χ0n) is 12.3. The van der Waals surface area contributed by atoms with Gasteiger partial charge in [0.2, 0.25) is 0 Å². The molecule has 0 unspecified atom stereocenters. The summed E-state index contributed by atoms with van der Waals surface area (Å²) in [6.07, 6.45) is 1.48. The van der Waals surface area contributed by atoms with Crippen molar-refractivity contribution in [2.45, 2.75) is 13.0 Å². The molecule has 0 aliphatic rings. The molecule has 0 saturated carbocycles. The number of esters is 1. The number of nitrogens with one attached hydrogen (secondary N) is 1. The van der Waals surface area contributed by atoms with Crippen LogP contribution in [0.3, 0.4) is 0 Å². The van der Waals surface area contributed by atoms with Crippen LogP contribution < -0.4 is 5.32 Å². The molecule has 1 aromatic carbocycles. The zero-order chi connectivity index (χ0) is 16.8. The third-order valence-corrected chi connectivity index (χ3v) is 3.77. The standard InChI is InChI=1S/C16H14Cl2N2O3/c1-10(11-5-6-12(17)13(18)8-11)20-15(21)9-23-16(22)14-4-2-3-7-19-14/h2-8,10H,9H2,1H3,(H,20,21)/t10-/m0/s1. The van der Waals surface area contributed by atoms with E-state index in [2.05, 4.69) is 10.3 Å². The lowest BCUT2D eigenvalue weighted by Crippen LogP contribution is -2.31. The van der Waals surface area contributed by atoms with Crippen LogP contribution in [0.4, 0.5) is 0 Å². The normalized spacial score (nSPS) is 11.6. The van der Waals surface area contributed by atoms with Crippen LogP contribution in [0.25, 0.3) is 0 Å². The molecule has 1 atom stereocenters. The fraction of sp³-hybridized carbons (Fsp3) is 0.188. The minimum atomic E-state index is -0.650. The van der Waals surface area contributed by atoms with E-state index in [1.807, 2.05) is 0 Å². The van der Waals surface area contributed by atoms with Gasteiger partial charge >= 0.3 is 5.97 Å². The number of nitrogens with zero attached hydrogens (tertiary/aromatic N) is 1. The van der Waals surface area contributed by atoms with Crippen molar-refractivity contribution >= 4 is 35.1 Å². The van der Waals surface area contributed by atoms with E-state index in [-0.39, 0.29) is 18.3 Å². The number of carbonyl (C=O) groups excluding carboxylic acids is 2. The smallest absolute Gasteiger partial charge is 0.357 e. The van der Waals surface area contributed by atoms with Crippen LogP contribution in [0.15, 0.2) is 42.6 Å². The third kappa shape index (κ3) is 4.94. The highest BCUT2D eigenvalue weighted by molar-refractivity contribution is 6.42. The Morgan fingerprint density at radius 3 is 2.65 bits per heavy atom. The monoisotopic (exact) mass is 352 g/mol. The van der Waals surface area contributed by atoms with Crippen molar-refractivity contribution in [1.82, 2.24) is 10.3 Å². The molecule has 0 aliphatic carbocycles. The lowest BCUT2D eigenvalue weighted by Gasteiger charge is -2.15. The molecule has 0 saturated heterocycles. The number of ether oxygens (including phenoxy) is 1. The first-order valence-electron chi connectivity index (χ1n) is 6.80. The van der Waals surface area contributed by atoms with E-state index in [0.717, 1.165) is 5.56 Å². The Balaban J connectivity index is 1.87. The molecule has 1 aromatic heterocycles. The molecule has 0 fully saturated rings. The quantitative estimate of drug-likeness (QED) is 0.837. The first-order chi connectivity index (χ1) is 11.0. The van der Waals surface area contributed by atoms with Crippen LogP contribution >= 0.6 is 23.2 Å². The Labute approximate surface area is 143 Å². The summed E-state index contributed by atoms with van der Waals surface area (Å²) in [5, 5.41) is 3.56. The molecule has 0 aliphatic heterocycles. The van der Waals surface area contributed by atoms with Crippen LogP contribution in [-0.2, 0) is 9.53 Å². The number of hydrogen-bond acceptors (Lipinski definition) is 4. The van der Waals surface area contributed by atoms with Crippen LogP contribution in [0.2, 0.25) is 10.0 Å². The minimum Gasteiger partial charge on any atom is -0.451 e. The summed E-state index contributed by atoms with van der Waals surface area (Å²) in [6, 6.07) is 9.65. The second-order valence-corrected chi connectivity index (χ2v) is 5.57. The number of benzene rings is 1. The highest BCUT2D eigenvalue weighted by Crippen LogP contribution is 2.25. The summed E-state index contributed by atoms with van der Waals surface area (Å²) in [4.78, 5) is 27.4. The average Bonchev–Trinajstić information content (AvgIpc) is 2.55. The van der Waals surface area contributed by atoms with Gasteiger partial charge in [-0.2, -0.15) is 0 Å². The Bertz CT molecular complexity index is 708. The second-order valence-electron chi connectivity index (χ2n) is 4.75. The van der Waals surface area contributed by atoms with Crippen molar-refractivity contribution in [2.75, 3.05) is 6.61 Å². The van der Waals surface area contributed by atoms with Gasteiger partial charge in [0.15, 0.2) is 6.61 Å². The van der Waals surface area contributed by atoms with Gasteiger partial charge < -0.3 is 10.1 Å². The van der Waals surface area contributed by atoms with Crippen molar-refractivity contribution in [2.24, 2.45) is 0 Å². The van der Waals surface area contributed by atoms with Gasteiger partial charge in [0.25, 0.3) is 5.91 Å². The molecule has 0 spiro atoms. The highest BCUT2D eigenvalue weighted by Gasteiger charge is 2.14. The largest absolute Gasteiger partial charge is 0.451 e. The van der Waals surface area contributed by atoms with Gasteiger partial charge in [-0.05, 0) is 36.8 Å². The van der Waals surface area contributed by atoms with E-state index in [9.17, 15) is 9.59 Å². The predicted octanol–water partition coefficient (Wildman–Crippen LogP) is 3.42. The molecule has 2 aromatic rings. The molecular formula is C16H14Cl2N2O3. The molecule has 23 heavy (non-hydrogen) atoms. The predicted molar refractivity (Wildman–Crippen MR) is 87.5 cm³/mol. The summed E-state index contributed by atoms with van der Waals surface area (Å²) in [7, 11) is 0. The van der Waals surface area contributed by atoms with Gasteiger partial charge in [-0.1, -0.05) is 35.3 Å². The molecule has 1 heterocycles. The molecule has 7 heteroatoms. The summed E-state index contributed by atoms with van der Waals surface area (Å²) in [5.41, 5.74) is 0.946. The van der Waals surface area contributed by atoms with E-state index >= 15 is 0 Å². The van der Waals surface area contributed by atoms with E-state index in [0.29, 0.717) is 10.0 Å². The van der Waals surface area contributed by atoms with Gasteiger partial charge in [-0.25, -0.2) is 9.78 Å². The van der Waals surface area contributed by atoms with Crippen molar-refractivity contribution in [3.63, 3.8) is 0 Å². The van der Waals surface area contributed by atoms with Crippen molar-refractivity contribution in [3.8, 4) is 0 Å². The van der Waals surface area contributed by atoms with Crippen LogP contribution in [-0.4, -0.2) is 23.5 Å². The molecule has 120 valence electrons. The maximum atomic E-state index is 11.8. The van der Waals surface area contributed by atoms with Gasteiger partial charge in [-0.3, -0.25) is 4.79 Å². The van der Waals surface area contributed by atoms with E-state index in [1.54, 1.807) is 37.3 Å². The first-order valence-corrected chi connectivity index (χ1v) is 7.55. The number of hydrogen-bond donors (Lipinski definition) is 1. The topological polar surface area (TPSA) is 68.3 Å². The average molecular weight is 353 g/mol. The Morgan fingerprint density at radius 2 is 2.00 bits per heavy atom. The van der Waals surface area contributed by atoms with Crippen LogP contribution in [0.5, 0.6) is 0 Å². The summed E-state index contributed by atoms with van der Waals surface area (Å²) >= 11 is 11.8. The fourth-order valence-electron chi connectivity index (χ4n) is 1.84. The molecular weight excluding hydrogens is 339 g/mol. The SMILES string of the molecule is C[C@H](NC(=O)COC(=O)c1ccccn1)c1ccc(Cl)c(Cl)c1. The number of carbonyl (C=O) groups is 2. The summed E-state index contributed by atoms with van der Waals surface area (Å²) in [5.74, 6) is -1.07. The summed E-state index contributed by atoms with van der Waals surface area (Å²) < 4.78 is 4.91. The molecule has 0 bridgehead atoms. The van der Waals surface area contributed by atoms with Gasteiger partial charge in [0, 0.05) is 6.20 Å². The number of aromatic nitrogens is 1. The van der Waals surface area contributed by atoms with Crippen molar-refractivity contribution in [1.29, 1.82) is 0 Å². The van der Waals surface area contributed by atoms with Gasteiger partial charge in [0.1, 0.15) is 5.69 Å². The molecule has 0 radical (unpaired) electrons. The Morgan fingerprint density at radius 1 is 1.22 bits per heavy atom. The first kappa shape index (κ1) is 17.2. The van der Waals surface area contributed by atoms with Crippen LogP contribution in [0.1, 0.15) is 29.0 Å². The van der Waals surface area contributed by atoms with E-state index in [4.69, 9.17) is 27.9 Å². The van der Waals surface area contributed by atoms with E-state index in [1.165, 1.54) is 12.3 Å². The second kappa shape index (κ2) is 7.94. The van der Waals surface area contributed by atoms with Crippen LogP contribution in [0, 0.1) is 0 Å². The Hall–Kier alpha value is -2.11.